The molecule has 0 aliphatic heterocycles. The molecule has 3 aromatic heterocycles. The Balaban J connectivity index is 0.000000470. The molecule has 8 nitrogen and oxygen atoms in total. The van der Waals surface area contributed by atoms with Gasteiger partial charge in [0.25, 0.3) is 5.92 Å². The molecule has 0 bridgehead atoms. The lowest BCUT2D eigenvalue weighted by molar-refractivity contribution is 0.0197. The van der Waals surface area contributed by atoms with Crippen LogP contribution in [0.3, 0.4) is 0 Å². The Morgan fingerprint density at radius 3 is 2.50 bits per heavy atom. The maximum Gasteiger partial charge on any atom is 0.337 e. The number of para-hydroxylation sites is 1. The number of carbonyl (C=O) groups is 1. The number of nitrogens with one attached hydrogen (secondary N) is 1. The molecule has 0 aliphatic rings. The van der Waals surface area contributed by atoms with E-state index in [0.29, 0.717) is 29.3 Å². The Morgan fingerprint density at radius 2 is 1.82 bits per heavy atom. The summed E-state index contributed by atoms with van der Waals surface area (Å²) in [6, 6.07) is 17.4. The highest BCUT2D eigenvalue weighted by Crippen LogP contribution is 2.31. The fourth-order valence-electron chi connectivity index (χ4n) is 4.06. The smallest absolute Gasteiger partial charge is 0.337 e. The number of nitrogens with zero attached hydrogens (tertiary/aromatic N) is 2. The molecule has 40 heavy (non-hydrogen) atoms. The van der Waals surface area contributed by atoms with Gasteiger partial charge < -0.3 is 19.9 Å². The van der Waals surface area contributed by atoms with Crippen molar-refractivity contribution in [2.24, 2.45) is 0 Å². The highest BCUT2D eigenvalue weighted by molar-refractivity contribution is 5.94. The third-order valence-corrected chi connectivity index (χ3v) is 6.18. The summed E-state index contributed by atoms with van der Waals surface area (Å²) in [6.45, 7) is 7.04. The van der Waals surface area contributed by atoms with Gasteiger partial charge in [0.05, 0.1) is 22.5 Å². The van der Waals surface area contributed by atoms with Crippen molar-refractivity contribution in [2.45, 2.75) is 32.7 Å². The first-order chi connectivity index (χ1) is 18.8. The van der Waals surface area contributed by atoms with Crippen LogP contribution >= 0.6 is 0 Å². The predicted octanol–water partition coefficient (Wildman–Crippen LogP) is 7.00. The van der Waals surface area contributed by atoms with Crippen LogP contribution in [0.1, 0.15) is 41.4 Å². The first-order valence-corrected chi connectivity index (χ1v) is 12.2. The standard InChI is InChI=1S/C26H21N3O4.C4H6F2O/c1-15-11-20(16(2)28-22-6-4-3-5-19(22)26(31)32)25-21(12-15)23(30)13-24(33-25)17-7-8-18-9-10-27-29(18)14-17;1-3(7)4(2,5)6/h3-14,16,28H,1-2H3,(H,31,32);7H,1H2,2H3. The molecule has 3 heterocycles. The second-order valence-electron chi connectivity index (χ2n) is 9.38. The number of anilines is 1. The van der Waals surface area contributed by atoms with E-state index in [9.17, 15) is 23.5 Å². The van der Waals surface area contributed by atoms with Crippen LogP contribution in [0.4, 0.5) is 14.5 Å². The normalized spacial score (nSPS) is 12.0. The lowest BCUT2D eigenvalue weighted by atomic mass is 10.00. The molecule has 1 atom stereocenters. The highest BCUT2D eigenvalue weighted by atomic mass is 19.3. The zero-order valence-corrected chi connectivity index (χ0v) is 22.0. The summed E-state index contributed by atoms with van der Waals surface area (Å²) in [5, 5.41) is 25.5. The van der Waals surface area contributed by atoms with Crippen molar-refractivity contribution in [1.82, 2.24) is 9.61 Å². The first-order valence-electron chi connectivity index (χ1n) is 12.2. The van der Waals surface area contributed by atoms with E-state index in [1.165, 1.54) is 6.07 Å². The molecule has 0 radical (unpaired) electrons. The summed E-state index contributed by atoms with van der Waals surface area (Å²) in [4.78, 5) is 24.7. The Bertz CT molecular complexity index is 1790. The third-order valence-electron chi connectivity index (χ3n) is 6.18. The van der Waals surface area contributed by atoms with E-state index in [-0.39, 0.29) is 17.0 Å². The minimum Gasteiger partial charge on any atom is -0.507 e. The number of carboxylic acid groups (broad SMARTS) is 1. The molecular weight excluding hydrogens is 520 g/mol. The van der Waals surface area contributed by atoms with E-state index >= 15 is 0 Å². The summed E-state index contributed by atoms with van der Waals surface area (Å²) in [5.74, 6) is -4.80. The number of carboxylic acids is 1. The summed E-state index contributed by atoms with van der Waals surface area (Å²) in [6.07, 6.45) is 3.52. The van der Waals surface area contributed by atoms with Crippen molar-refractivity contribution < 1.29 is 28.2 Å². The van der Waals surface area contributed by atoms with Gasteiger partial charge in [0.2, 0.25) is 0 Å². The minimum absolute atomic E-state index is 0.144. The van der Waals surface area contributed by atoms with E-state index in [4.69, 9.17) is 9.52 Å². The number of rotatable bonds is 6. The largest absolute Gasteiger partial charge is 0.507 e. The summed E-state index contributed by atoms with van der Waals surface area (Å²) in [5.41, 5.74) is 4.35. The van der Waals surface area contributed by atoms with Gasteiger partial charge in [0.1, 0.15) is 11.3 Å². The zero-order valence-electron chi connectivity index (χ0n) is 22.0. The Kier molecular flexibility index (Phi) is 7.72. The number of aliphatic hydroxyl groups is 1. The Morgan fingerprint density at radius 1 is 1.12 bits per heavy atom. The highest BCUT2D eigenvalue weighted by Gasteiger charge is 2.24. The second kappa shape index (κ2) is 11.0. The first kappa shape index (κ1) is 28.0. The molecular formula is C30H27F2N3O5. The monoisotopic (exact) mass is 547 g/mol. The fourth-order valence-corrected chi connectivity index (χ4v) is 4.06. The number of aromatic nitrogens is 2. The number of aromatic carboxylic acids is 1. The number of allylic oxidation sites excluding steroid dienone is 1. The Labute approximate surface area is 227 Å². The molecule has 2 aromatic carbocycles. The number of aliphatic hydroxyl groups excluding tert-OH is 1. The molecule has 3 N–H and O–H groups in total. The summed E-state index contributed by atoms with van der Waals surface area (Å²) >= 11 is 0. The van der Waals surface area contributed by atoms with Gasteiger partial charge in [-0.3, -0.25) is 4.79 Å². The number of halogens is 2. The number of pyridine rings is 1. The van der Waals surface area contributed by atoms with Crippen LogP contribution < -0.4 is 10.7 Å². The van der Waals surface area contributed by atoms with Crippen LogP contribution in [0.15, 0.2) is 94.6 Å². The molecule has 0 fully saturated rings. The molecule has 5 rings (SSSR count). The molecule has 10 heteroatoms. The lowest BCUT2D eigenvalue weighted by Crippen LogP contribution is -2.12. The van der Waals surface area contributed by atoms with Crippen LogP contribution in [0.25, 0.3) is 27.8 Å². The van der Waals surface area contributed by atoms with Gasteiger partial charge in [-0.25, -0.2) is 9.31 Å². The number of benzene rings is 2. The van der Waals surface area contributed by atoms with Gasteiger partial charge in [-0.1, -0.05) is 24.8 Å². The Hall–Kier alpha value is -4.99. The van der Waals surface area contributed by atoms with Crippen molar-refractivity contribution in [3.05, 3.63) is 112 Å². The van der Waals surface area contributed by atoms with Crippen molar-refractivity contribution in [2.75, 3.05) is 5.32 Å². The number of hydrogen-bond acceptors (Lipinski definition) is 6. The van der Waals surface area contributed by atoms with Crippen LogP contribution in [0, 0.1) is 6.92 Å². The average molecular weight is 548 g/mol. The van der Waals surface area contributed by atoms with E-state index in [1.807, 2.05) is 50.4 Å². The minimum atomic E-state index is -3.14. The number of hydrogen-bond donors (Lipinski definition) is 3. The predicted molar refractivity (Wildman–Crippen MR) is 149 cm³/mol. The van der Waals surface area contributed by atoms with E-state index in [1.54, 1.807) is 35.0 Å². The SMILES string of the molecule is C=C(O)C(C)(F)F.Cc1cc(C(C)Nc2ccccc2C(=O)O)c2oc(-c3ccc4ccnn4c3)cc(=O)c2c1. The lowest BCUT2D eigenvalue weighted by Gasteiger charge is -2.19. The molecule has 0 saturated heterocycles. The molecule has 0 spiro atoms. The molecule has 5 aromatic rings. The van der Waals surface area contributed by atoms with Gasteiger partial charge in [0.15, 0.2) is 11.2 Å². The van der Waals surface area contributed by atoms with Crippen molar-refractivity contribution in [3.63, 3.8) is 0 Å². The van der Waals surface area contributed by atoms with Gasteiger partial charge >= 0.3 is 5.97 Å². The van der Waals surface area contributed by atoms with Crippen LogP contribution in [0.5, 0.6) is 0 Å². The maximum absolute atomic E-state index is 13.0. The number of alkyl halides is 2. The van der Waals surface area contributed by atoms with Crippen LogP contribution in [-0.2, 0) is 0 Å². The zero-order chi connectivity index (χ0) is 29.2. The van der Waals surface area contributed by atoms with Gasteiger partial charge in [-0.05, 0) is 55.8 Å². The fraction of sp³-hybridized carbons (Fsp3) is 0.167. The summed E-state index contributed by atoms with van der Waals surface area (Å²) in [7, 11) is 0. The number of aryl methyl sites for hydroxylation is 1. The van der Waals surface area contributed by atoms with Gasteiger partial charge in [-0.2, -0.15) is 13.9 Å². The molecule has 206 valence electrons. The third kappa shape index (κ3) is 6.01. The maximum atomic E-state index is 13.0. The molecule has 0 saturated carbocycles. The summed E-state index contributed by atoms with van der Waals surface area (Å²) < 4.78 is 31.0. The molecule has 1 unspecified atom stereocenters. The van der Waals surface area contributed by atoms with Gasteiger partial charge in [-0.15, -0.1) is 0 Å². The van der Waals surface area contributed by atoms with Crippen molar-refractivity contribution in [3.8, 4) is 11.3 Å². The van der Waals surface area contributed by atoms with E-state index in [0.717, 1.165) is 22.2 Å². The quantitative estimate of drug-likeness (QED) is 0.196. The molecule has 0 amide bonds. The van der Waals surface area contributed by atoms with Crippen LogP contribution in [-0.4, -0.2) is 31.7 Å². The topological polar surface area (TPSA) is 117 Å². The second-order valence-corrected chi connectivity index (χ2v) is 9.38. The van der Waals surface area contributed by atoms with Crippen molar-refractivity contribution in [1.29, 1.82) is 0 Å². The van der Waals surface area contributed by atoms with E-state index in [2.05, 4.69) is 17.0 Å². The van der Waals surface area contributed by atoms with E-state index < -0.39 is 17.7 Å². The van der Waals surface area contributed by atoms with Crippen LogP contribution in [0.2, 0.25) is 0 Å². The van der Waals surface area contributed by atoms with Gasteiger partial charge in [0, 0.05) is 42.2 Å². The van der Waals surface area contributed by atoms with Crippen molar-refractivity contribution >= 4 is 28.1 Å². The molecule has 0 aliphatic carbocycles. The number of fused-ring (bicyclic) bond motifs is 2. The average Bonchev–Trinajstić information content (AvgIpc) is 3.36.